The Balaban J connectivity index is 2.10. The maximum atomic E-state index is 12.0. The van der Waals surface area contributed by atoms with E-state index in [1.54, 1.807) is 6.07 Å². The first kappa shape index (κ1) is 18.8. The van der Waals surface area contributed by atoms with Crippen LogP contribution in [0.15, 0.2) is 18.2 Å². The van der Waals surface area contributed by atoms with Crippen LogP contribution in [0, 0.1) is 11.8 Å². The fourth-order valence-electron chi connectivity index (χ4n) is 4.77. The molecule has 4 heteroatoms. The molecule has 2 aliphatic rings. The van der Waals surface area contributed by atoms with Gasteiger partial charge in [0, 0.05) is 11.5 Å². The van der Waals surface area contributed by atoms with Crippen LogP contribution in [0.25, 0.3) is 0 Å². The SMILES string of the molecule is C=C(C)[C@@H]1CC[C@@H](C)[C@H]2Oc3c(C(=O)O)c(CCCCC)cc(O)c3[C@H]21. The van der Waals surface area contributed by atoms with Crippen molar-refractivity contribution in [1.29, 1.82) is 0 Å². The first-order chi connectivity index (χ1) is 12.4. The Morgan fingerprint density at radius 1 is 1.35 bits per heavy atom. The normalized spacial score (nSPS) is 26.7. The average molecular weight is 358 g/mol. The molecule has 3 rings (SSSR count). The highest BCUT2D eigenvalue weighted by Gasteiger charge is 2.48. The lowest BCUT2D eigenvalue weighted by Crippen LogP contribution is -2.36. The van der Waals surface area contributed by atoms with E-state index >= 15 is 0 Å². The van der Waals surface area contributed by atoms with Crippen LogP contribution in [0.1, 0.15) is 80.3 Å². The summed E-state index contributed by atoms with van der Waals surface area (Å²) in [5, 5.41) is 20.7. The average Bonchev–Trinajstić information content (AvgIpc) is 2.96. The van der Waals surface area contributed by atoms with Crippen LogP contribution in [0.2, 0.25) is 0 Å². The van der Waals surface area contributed by atoms with Gasteiger partial charge in [0.25, 0.3) is 0 Å². The summed E-state index contributed by atoms with van der Waals surface area (Å²) in [4.78, 5) is 12.0. The third-order valence-corrected chi connectivity index (χ3v) is 6.14. The molecule has 1 saturated carbocycles. The van der Waals surface area contributed by atoms with Crippen LogP contribution in [0.5, 0.6) is 11.5 Å². The molecule has 0 amide bonds. The molecular weight excluding hydrogens is 328 g/mol. The molecule has 26 heavy (non-hydrogen) atoms. The van der Waals surface area contributed by atoms with Gasteiger partial charge in [0.2, 0.25) is 0 Å². The zero-order chi connectivity index (χ0) is 19.0. The molecule has 1 aliphatic heterocycles. The molecular formula is C22H30O4. The summed E-state index contributed by atoms with van der Waals surface area (Å²) in [5.74, 6) is 0.159. The van der Waals surface area contributed by atoms with Gasteiger partial charge in [-0.25, -0.2) is 4.79 Å². The Kier molecular flexibility index (Phi) is 5.31. The molecule has 0 bridgehead atoms. The van der Waals surface area contributed by atoms with Gasteiger partial charge in [0.05, 0.1) is 0 Å². The van der Waals surface area contributed by atoms with Crippen molar-refractivity contribution >= 4 is 5.97 Å². The second-order valence-corrected chi connectivity index (χ2v) is 8.05. The van der Waals surface area contributed by atoms with E-state index in [4.69, 9.17) is 4.74 Å². The number of unbranched alkanes of at least 4 members (excludes halogenated alkanes) is 2. The van der Waals surface area contributed by atoms with Gasteiger partial charge < -0.3 is 14.9 Å². The highest BCUT2D eigenvalue weighted by atomic mass is 16.5. The fraction of sp³-hybridized carbons (Fsp3) is 0.591. The van der Waals surface area contributed by atoms with E-state index in [1.165, 1.54) is 0 Å². The first-order valence-electron chi connectivity index (χ1n) is 9.80. The van der Waals surface area contributed by atoms with Crippen molar-refractivity contribution in [1.82, 2.24) is 0 Å². The number of phenols is 1. The van der Waals surface area contributed by atoms with Crippen LogP contribution in [-0.2, 0) is 6.42 Å². The van der Waals surface area contributed by atoms with Gasteiger partial charge >= 0.3 is 5.97 Å². The van der Waals surface area contributed by atoms with E-state index in [2.05, 4.69) is 20.4 Å². The zero-order valence-electron chi connectivity index (χ0n) is 16.0. The Bertz CT molecular complexity index is 721. The number of aromatic hydroxyl groups is 1. The molecule has 0 spiro atoms. The molecule has 1 aliphatic carbocycles. The Labute approximate surface area is 155 Å². The Morgan fingerprint density at radius 3 is 2.69 bits per heavy atom. The molecule has 1 aromatic rings. The highest BCUT2D eigenvalue weighted by Crippen LogP contribution is 2.56. The molecule has 0 radical (unpaired) electrons. The third kappa shape index (κ3) is 3.10. The summed E-state index contributed by atoms with van der Waals surface area (Å²) in [6.07, 6.45) is 5.60. The predicted octanol–water partition coefficient (Wildman–Crippen LogP) is 5.29. The van der Waals surface area contributed by atoms with Gasteiger partial charge in [-0.05, 0) is 56.1 Å². The van der Waals surface area contributed by atoms with Crippen molar-refractivity contribution in [3.63, 3.8) is 0 Å². The minimum Gasteiger partial charge on any atom is -0.508 e. The van der Waals surface area contributed by atoms with E-state index in [-0.39, 0.29) is 29.3 Å². The largest absolute Gasteiger partial charge is 0.508 e. The van der Waals surface area contributed by atoms with Gasteiger partial charge in [0.15, 0.2) is 0 Å². The fourth-order valence-corrected chi connectivity index (χ4v) is 4.77. The lowest BCUT2D eigenvalue weighted by atomic mass is 9.68. The monoisotopic (exact) mass is 358 g/mol. The van der Waals surface area contributed by atoms with Crippen molar-refractivity contribution in [3.8, 4) is 11.5 Å². The van der Waals surface area contributed by atoms with Crippen molar-refractivity contribution in [3.05, 3.63) is 34.9 Å². The topological polar surface area (TPSA) is 66.8 Å². The third-order valence-electron chi connectivity index (χ3n) is 6.14. The molecule has 2 N–H and O–H groups in total. The second kappa shape index (κ2) is 7.34. The number of phenolic OH excluding ortho intramolecular Hbond substituents is 1. The van der Waals surface area contributed by atoms with Crippen molar-refractivity contribution in [2.24, 2.45) is 11.8 Å². The standard InChI is InChI=1S/C22H30O4/c1-5-6-7-8-14-11-16(23)19-18-15(12(2)3)10-9-13(4)20(18)26-21(19)17(14)22(24)25/h11,13,15,18,20,23H,2,5-10H2,1,3-4H3,(H,24,25)/t13-,15+,18-,20-/m1/s1. The number of benzene rings is 1. The minimum atomic E-state index is -0.967. The number of ether oxygens (including phenoxy) is 1. The van der Waals surface area contributed by atoms with E-state index < -0.39 is 5.97 Å². The number of carbonyl (C=O) groups is 1. The second-order valence-electron chi connectivity index (χ2n) is 8.05. The number of hydrogen-bond acceptors (Lipinski definition) is 3. The van der Waals surface area contributed by atoms with E-state index in [0.717, 1.165) is 37.7 Å². The molecule has 0 saturated heterocycles. The summed E-state index contributed by atoms with van der Waals surface area (Å²) in [7, 11) is 0. The number of aromatic carboxylic acids is 1. The lowest BCUT2D eigenvalue weighted by Gasteiger charge is -2.37. The number of allylic oxidation sites excluding steroid dienone is 1. The highest BCUT2D eigenvalue weighted by molar-refractivity contribution is 5.94. The van der Waals surface area contributed by atoms with Gasteiger partial charge in [-0.1, -0.05) is 38.8 Å². The van der Waals surface area contributed by atoms with Crippen molar-refractivity contribution < 1.29 is 19.7 Å². The van der Waals surface area contributed by atoms with Gasteiger partial charge in [-0.2, -0.15) is 0 Å². The molecule has 1 heterocycles. The number of aryl methyl sites for hydroxylation is 1. The molecule has 142 valence electrons. The molecule has 1 aromatic carbocycles. The van der Waals surface area contributed by atoms with Crippen LogP contribution < -0.4 is 4.74 Å². The van der Waals surface area contributed by atoms with Crippen LogP contribution in [0.3, 0.4) is 0 Å². The van der Waals surface area contributed by atoms with Crippen LogP contribution in [-0.4, -0.2) is 22.3 Å². The van der Waals surface area contributed by atoms with Gasteiger partial charge in [-0.3, -0.25) is 0 Å². The van der Waals surface area contributed by atoms with E-state index in [0.29, 0.717) is 29.2 Å². The smallest absolute Gasteiger partial charge is 0.339 e. The first-order valence-corrected chi connectivity index (χ1v) is 9.80. The summed E-state index contributed by atoms with van der Waals surface area (Å²) >= 11 is 0. The van der Waals surface area contributed by atoms with E-state index in [9.17, 15) is 15.0 Å². The maximum absolute atomic E-state index is 12.0. The molecule has 1 fully saturated rings. The Hall–Kier alpha value is -1.97. The molecule has 0 unspecified atom stereocenters. The number of rotatable bonds is 6. The van der Waals surface area contributed by atoms with Crippen LogP contribution in [0.4, 0.5) is 0 Å². The van der Waals surface area contributed by atoms with Gasteiger partial charge in [-0.15, -0.1) is 0 Å². The van der Waals surface area contributed by atoms with Gasteiger partial charge in [0.1, 0.15) is 23.2 Å². The number of hydrogen-bond donors (Lipinski definition) is 2. The zero-order valence-corrected chi connectivity index (χ0v) is 16.0. The summed E-state index contributed by atoms with van der Waals surface area (Å²) in [6, 6.07) is 1.67. The summed E-state index contributed by atoms with van der Waals surface area (Å²) in [6.45, 7) is 10.4. The van der Waals surface area contributed by atoms with Crippen molar-refractivity contribution in [2.75, 3.05) is 0 Å². The predicted molar refractivity (Wildman–Crippen MR) is 102 cm³/mol. The van der Waals surface area contributed by atoms with Crippen molar-refractivity contribution in [2.45, 2.75) is 71.3 Å². The van der Waals surface area contributed by atoms with E-state index in [1.807, 2.05) is 6.92 Å². The molecule has 4 atom stereocenters. The van der Waals surface area contributed by atoms with Crippen LogP contribution >= 0.6 is 0 Å². The maximum Gasteiger partial charge on any atom is 0.339 e. The molecule has 4 nitrogen and oxygen atoms in total. The minimum absolute atomic E-state index is 0.00552. The quantitative estimate of drug-likeness (QED) is 0.535. The Morgan fingerprint density at radius 2 is 2.08 bits per heavy atom. The number of fused-ring (bicyclic) bond motifs is 3. The number of carboxylic acids is 1. The summed E-state index contributed by atoms with van der Waals surface area (Å²) < 4.78 is 6.24. The molecule has 0 aromatic heterocycles. The number of carboxylic acid groups (broad SMARTS) is 1. The lowest BCUT2D eigenvalue weighted by molar-refractivity contribution is 0.0669. The summed E-state index contributed by atoms with van der Waals surface area (Å²) in [5.41, 5.74) is 2.69.